The van der Waals surface area contributed by atoms with Crippen molar-refractivity contribution < 1.29 is 9.59 Å². The summed E-state index contributed by atoms with van der Waals surface area (Å²) in [7, 11) is 0. The van der Waals surface area contributed by atoms with Crippen molar-refractivity contribution in [2.24, 2.45) is 0 Å². The second-order valence-electron chi connectivity index (χ2n) is 6.60. The number of rotatable bonds is 4. The van der Waals surface area contributed by atoms with Crippen molar-refractivity contribution in [1.82, 2.24) is 14.7 Å². The third kappa shape index (κ3) is 4.66. The minimum Gasteiger partial charge on any atom is -0.339 e. The van der Waals surface area contributed by atoms with Gasteiger partial charge in [0.05, 0.1) is 10.0 Å². The average Bonchev–Trinajstić information content (AvgIpc) is 3.15. The maximum absolute atomic E-state index is 12.6. The van der Waals surface area contributed by atoms with Crippen LogP contribution in [0, 0.1) is 0 Å². The predicted octanol–water partition coefficient (Wildman–Crippen LogP) is 2.76. The van der Waals surface area contributed by atoms with E-state index in [2.05, 4.69) is 4.90 Å². The first-order valence-electron chi connectivity index (χ1n) is 8.79. The zero-order valence-electron chi connectivity index (χ0n) is 14.2. The molecule has 0 N–H and O–H groups in total. The molecule has 136 valence electrons. The van der Waals surface area contributed by atoms with Gasteiger partial charge in [0.1, 0.15) is 0 Å². The van der Waals surface area contributed by atoms with Crippen LogP contribution in [-0.4, -0.2) is 72.3 Å². The van der Waals surface area contributed by atoms with Crippen LogP contribution in [0.3, 0.4) is 0 Å². The van der Waals surface area contributed by atoms with Crippen LogP contribution in [-0.2, 0) is 4.79 Å². The van der Waals surface area contributed by atoms with Gasteiger partial charge in [0.15, 0.2) is 0 Å². The van der Waals surface area contributed by atoms with Crippen LogP contribution < -0.4 is 0 Å². The van der Waals surface area contributed by atoms with E-state index in [1.165, 1.54) is 12.8 Å². The van der Waals surface area contributed by atoms with Crippen LogP contribution >= 0.6 is 23.2 Å². The van der Waals surface area contributed by atoms with Gasteiger partial charge in [-0.3, -0.25) is 9.59 Å². The van der Waals surface area contributed by atoms with Crippen LogP contribution in [0.4, 0.5) is 0 Å². The Balaban J connectivity index is 1.48. The van der Waals surface area contributed by atoms with Gasteiger partial charge < -0.3 is 14.7 Å². The topological polar surface area (TPSA) is 43.9 Å². The molecule has 7 heteroatoms. The van der Waals surface area contributed by atoms with Crippen LogP contribution in [0.1, 0.15) is 29.6 Å². The number of nitrogens with zero attached hydrogens (tertiary/aromatic N) is 3. The molecule has 2 heterocycles. The van der Waals surface area contributed by atoms with Crippen LogP contribution in [0.15, 0.2) is 18.2 Å². The van der Waals surface area contributed by atoms with Gasteiger partial charge in [0.25, 0.3) is 5.91 Å². The first-order valence-corrected chi connectivity index (χ1v) is 9.54. The first kappa shape index (κ1) is 18.5. The minimum absolute atomic E-state index is 0.0669. The number of hydrogen-bond donors (Lipinski definition) is 0. The van der Waals surface area contributed by atoms with E-state index >= 15 is 0 Å². The van der Waals surface area contributed by atoms with Gasteiger partial charge in [0, 0.05) is 44.7 Å². The lowest BCUT2D eigenvalue weighted by atomic mass is 10.1. The standard InChI is InChI=1S/C18H23Cl2N3O2/c19-15-4-3-14(13-16(15)20)18(25)23-11-9-22(10-12-23)17(24)5-8-21-6-1-2-7-21/h3-4,13H,1-2,5-12H2. The summed E-state index contributed by atoms with van der Waals surface area (Å²) in [5.74, 6) is 0.122. The summed E-state index contributed by atoms with van der Waals surface area (Å²) in [5.41, 5.74) is 0.531. The second kappa shape index (κ2) is 8.39. The Morgan fingerprint density at radius 3 is 2.16 bits per heavy atom. The summed E-state index contributed by atoms with van der Waals surface area (Å²) >= 11 is 11.9. The first-order chi connectivity index (χ1) is 12.0. The van der Waals surface area contributed by atoms with Gasteiger partial charge in [0.2, 0.25) is 5.91 Å². The number of piperazine rings is 1. The number of benzene rings is 1. The summed E-state index contributed by atoms with van der Waals surface area (Å²) in [6, 6.07) is 4.92. The zero-order chi connectivity index (χ0) is 17.8. The zero-order valence-corrected chi connectivity index (χ0v) is 15.7. The van der Waals surface area contributed by atoms with Gasteiger partial charge in [-0.15, -0.1) is 0 Å². The van der Waals surface area contributed by atoms with E-state index in [4.69, 9.17) is 23.2 Å². The normalized spacial score (nSPS) is 18.6. The Bertz CT molecular complexity index is 639. The van der Waals surface area contributed by atoms with Crippen molar-refractivity contribution >= 4 is 35.0 Å². The summed E-state index contributed by atoms with van der Waals surface area (Å²) in [6.45, 7) is 5.35. The predicted molar refractivity (Wildman–Crippen MR) is 99.2 cm³/mol. The Morgan fingerprint density at radius 1 is 0.880 bits per heavy atom. The molecule has 2 fully saturated rings. The molecule has 0 unspecified atom stereocenters. The highest BCUT2D eigenvalue weighted by molar-refractivity contribution is 6.42. The van der Waals surface area contributed by atoms with Gasteiger partial charge in [-0.25, -0.2) is 0 Å². The fraction of sp³-hybridized carbons (Fsp3) is 0.556. The van der Waals surface area contributed by atoms with Gasteiger partial charge in [-0.05, 0) is 44.1 Å². The number of hydrogen-bond acceptors (Lipinski definition) is 3. The number of carbonyl (C=O) groups excluding carboxylic acids is 2. The molecule has 0 bridgehead atoms. The lowest BCUT2D eigenvalue weighted by Gasteiger charge is -2.35. The molecule has 2 aliphatic rings. The van der Waals surface area contributed by atoms with Crippen molar-refractivity contribution in [1.29, 1.82) is 0 Å². The maximum Gasteiger partial charge on any atom is 0.254 e. The maximum atomic E-state index is 12.6. The molecule has 2 aliphatic heterocycles. The SMILES string of the molecule is O=C(CCN1CCCC1)N1CCN(C(=O)c2ccc(Cl)c(Cl)c2)CC1. The van der Waals surface area contributed by atoms with Crippen molar-refractivity contribution in [2.75, 3.05) is 45.8 Å². The van der Waals surface area contributed by atoms with Crippen molar-refractivity contribution in [3.63, 3.8) is 0 Å². The van der Waals surface area contributed by atoms with E-state index in [9.17, 15) is 9.59 Å². The number of amides is 2. The molecule has 25 heavy (non-hydrogen) atoms. The molecule has 3 rings (SSSR count). The molecule has 2 saturated heterocycles. The minimum atomic E-state index is -0.0669. The van der Waals surface area contributed by atoms with E-state index < -0.39 is 0 Å². The summed E-state index contributed by atoms with van der Waals surface area (Å²) < 4.78 is 0. The van der Waals surface area contributed by atoms with Gasteiger partial charge in [-0.1, -0.05) is 23.2 Å². The molecule has 0 aromatic heterocycles. The molecule has 0 atom stereocenters. The van der Waals surface area contributed by atoms with E-state index in [0.29, 0.717) is 48.2 Å². The highest BCUT2D eigenvalue weighted by Crippen LogP contribution is 2.23. The van der Waals surface area contributed by atoms with Crippen molar-refractivity contribution in [3.05, 3.63) is 33.8 Å². The molecule has 0 spiro atoms. The molecule has 1 aromatic carbocycles. The molecule has 1 aromatic rings. The molecule has 0 aliphatic carbocycles. The average molecular weight is 384 g/mol. The fourth-order valence-corrected chi connectivity index (χ4v) is 3.69. The summed E-state index contributed by atoms with van der Waals surface area (Å²) in [5, 5.41) is 0.815. The largest absolute Gasteiger partial charge is 0.339 e. The van der Waals surface area contributed by atoms with Crippen LogP contribution in [0.2, 0.25) is 10.0 Å². The number of carbonyl (C=O) groups is 2. The van der Waals surface area contributed by atoms with E-state index in [1.807, 2.05) is 4.90 Å². The van der Waals surface area contributed by atoms with Crippen LogP contribution in [0.5, 0.6) is 0 Å². The van der Waals surface area contributed by atoms with E-state index in [0.717, 1.165) is 19.6 Å². The Hall–Kier alpha value is -1.30. The van der Waals surface area contributed by atoms with Gasteiger partial charge >= 0.3 is 0 Å². The molecule has 5 nitrogen and oxygen atoms in total. The smallest absolute Gasteiger partial charge is 0.254 e. The molecular formula is C18H23Cl2N3O2. The fourth-order valence-electron chi connectivity index (χ4n) is 3.39. The second-order valence-corrected chi connectivity index (χ2v) is 7.42. The Morgan fingerprint density at radius 2 is 1.52 bits per heavy atom. The lowest BCUT2D eigenvalue weighted by Crippen LogP contribution is -2.51. The highest BCUT2D eigenvalue weighted by atomic mass is 35.5. The number of likely N-dealkylation sites (tertiary alicyclic amines) is 1. The van der Waals surface area contributed by atoms with Crippen molar-refractivity contribution in [3.8, 4) is 0 Å². The highest BCUT2D eigenvalue weighted by Gasteiger charge is 2.25. The summed E-state index contributed by atoms with van der Waals surface area (Å²) in [4.78, 5) is 30.9. The summed E-state index contributed by atoms with van der Waals surface area (Å²) in [6.07, 6.45) is 3.05. The Kier molecular flexibility index (Phi) is 6.20. The number of halogens is 2. The molecular weight excluding hydrogens is 361 g/mol. The molecule has 0 radical (unpaired) electrons. The lowest BCUT2D eigenvalue weighted by molar-refractivity contribution is -0.133. The van der Waals surface area contributed by atoms with Crippen LogP contribution in [0.25, 0.3) is 0 Å². The van der Waals surface area contributed by atoms with Crippen molar-refractivity contribution in [2.45, 2.75) is 19.3 Å². The van der Waals surface area contributed by atoms with Gasteiger partial charge in [-0.2, -0.15) is 0 Å². The van der Waals surface area contributed by atoms with E-state index in [-0.39, 0.29) is 11.8 Å². The third-order valence-electron chi connectivity index (χ3n) is 4.93. The molecule has 2 amide bonds. The molecule has 0 saturated carbocycles. The third-order valence-corrected chi connectivity index (χ3v) is 5.67. The Labute approximate surface area is 158 Å². The monoisotopic (exact) mass is 383 g/mol. The quantitative estimate of drug-likeness (QED) is 0.802. The van der Waals surface area contributed by atoms with E-state index in [1.54, 1.807) is 23.1 Å².